The normalized spacial score (nSPS) is 11.4. The zero-order valence-corrected chi connectivity index (χ0v) is 12.7. The molecular weight excluding hydrogens is 262 g/mol. The number of hydrogen-bond donors (Lipinski definition) is 2. The molecule has 1 aromatic rings. The van der Waals surface area contributed by atoms with Crippen molar-refractivity contribution in [3.05, 3.63) is 23.0 Å². The van der Waals surface area contributed by atoms with Crippen LogP contribution in [0.15, 0.2) is 12.3 Å². The van der Waals surface area contributed by atoms with Gasteiger partial charge < -0.3 is 11.1 Å². The monoisotopic (exact) mass is 283 g/mol. The number of anilines is 1. The van der Waals surface area contributed by atoms with Crippen LogP contribution in [0.2, 0.25) is 5.15 Å². The van der Waals surface area contributed by atoms with Crippen LogP contribution in [0.4, 0.5) is 5.69 Å². The lowest BCUT2D eigenvalue weighted by atomic mass is 9.85. The molecule has 1 heterocycles. The Labute approximate surface area is 119 Å². The van der Waals surface area contributed by atoms with E-state index < -0.39 is 0 Å². The van der Waals surface area contributed by atoms with E-state index in [9.17, 15) is 4.79 Å². The van der Waals surface area contributed by atoms with Crippen molar-refractivity contribution in [3.8, 4) is 0 Å². The summed E-state index contributed by atoms with van der Waals surface area (Å²) in [6.07, 6.45) is 1.43. The van der Waals surface area contributed by atoms with Gasteiger partial charge in [0.1, 0.15) is 5.15 Å². The first-order valence-electron chi connectivity index (χ1n) is 6.52. The number of aromatic nitrogens is 1. The number of halogens is 1. The van der Waals surface area contributed by atoms with Gasteiger partial charge in [0.25, 0.3) is 5.91 Å². The van der Waals surface area contributed by atoms with Crippen LogP contribution in [0.5, 0.6) is 0 Å². The second-order valence-electron chi connectivity index (χ2n) is 5.47. The minimum Gasteiger partial charge on any atom is -0.397 e. The molecule has 0 bridgehead atoms. The molecular formula is C14H22ClN3O. The lowest BCUT2D eigenvalue weighted by Crippen LogP contribution is -2.34. The van der Waals surface area contributed by atoms with E-state index in [1.807, 2.05) is 0 Å². The van der Waals surface area contributed by atoms with Crippen LogP contribution in [0.3, 0.4) is 0 Å². The number of pyridine rings is 1. The average molecular weight is 284 g/mol. The van der Waals surface area contributed by atoms with Gasteiger partial charge in [-0.05, 0) is 23.8 Å². The van der Waals surface area contributed by atoms with Gasteiger partial charge in [0.05, 0.1) is 17.4 Å². The smallest absolute Gasteiger partial charge is 0.254 e. The number of nitrogens with two attached hydrogens (primary N) is 1. The fourth-order valence-corrected chi connectivity index (χ4v) is 2.36. The van der Waals surface area contributed by atoms with Crippen molar-refractivity contribution in [1.82, 2.24) is 10.3 Å². The van der Waals surface area contributed by atoms with Gasteiger partial charge in [-0.25, -0.2) is 4.98 Å². The van der Waals surface area contributed by atoms with Crippen molar-refractivity contribution in [3.63, 3.8) is 0 Å². The second kappa shape index (κ2) is 6.75. The van der Waals surface area contributed by atoms with Crippen molar-refractivity contribution < 1.29 is 4.79 Å². The Hall–Kier alpha value is -1.29. The number of rotatable bonds is 5. The van der Waals surface area contributed by atoms with E-state index in [-0.39, 0.29) is 11.1 Å². The molecule has 0 aromatic carbocycles. The maximum absolute atomic E-state index is 12.1. The van der Waals surface area contributed by atoms with E-state index >= 15 is 0 Å². The van der Waals surface area contributed by atoms with E-state index in [4.69, 9.17) is 17.3 Å². The second-order valence-corrected chi connectivity index (χ2v) is 5.83. The van der Waals surface area contributed by atoms with Gasteiger partial charge in [0.2, 0.25) is 0 Å². The number of hydrogen-bond acceptors (Lipinski definition) is 3. The molecule has 19 heavy (non-hydrogen) atoms. The molecule has 0 aliphatic rings. The highest BCUT2D eigenvalue weighted by Crippen LogP contribution is 2.20. The Kier molecular flexibility index (Phi) is 5.60. The maximum Gasteiger partial charge on any atom is 0.254 e. The summed E-state index contributed by atoms with van der Waals surface area (Å²) in [5.74, 6) is 1.22. The molecule has 0 aliphatic carbocycles. The number of nitrogens with one attached hydrogen (secondary N) is 1. The predicted octanol–water partition coefficient (Wildman–Crippen LogP) is 2.98. The first kappa shape index (κ1) is 15.8. The van der Waals surface area contributed by atoms with Crippen LogP contribution in [0, 0.1) is 17.8 Å². The highest BCUT2D eigenvalue weighted by atomic mass is 35.5. The fourth-order valence-electron chi connectivity index (χ4n) is 2.17. The summed E-state index contributed by atoms with van der Waals surface area (Å²) in [5.41, 5.74) is 6.37. The SMILES string of the molecule is CC(C)C(CNC(=O)c1cc(N)cnc1Cl)C(C)C. The highest BCUT2D eigenvalue weighted by Gasteiger charge is 2.19. The van der Waals surface area contributed by atoms with Crippen molar-refractivity contribution in [1.29, 1.82) is 0 Å². The summed E-state index contributed by atoms with van der Waals surface area (Å²) in [6, 6.07) is 1.55. The third-order valence-electron chi connectivity index (χ3n) is 3.32. The standard InChI is InChI=1S/C14H22ClN3O/c1-8(2)12(9(3)4)7-18-14(19)11-5-10(16)6-17-13(11)15/h5-6,8-9,12H,7,16H2,1-4H3,(H,18,19). The van der Waals surface area contributed by atoms with Crippen LogP contribution in [-0.2, 0) is 0 Å². The van der Waals surface area contributed by atoms with E-state index in [0.29, 0.717) is 35.5 Å². The Morgan fingerprint density at radius 1 is 1.37 bits per heavy atom. The maximum atomic E-state index is 12.1. The molecule has 0 saturated carbocycles. The summed E-state index contributed by atoms with van der Waals surface area (Å²) in [6.45, 7) is 9.26. The van der Waals surface area contributed by atoms with Gasteiger partial charge in [-0.2, -0.15) is 0 Å². The van der Waals surface area contributed by atoms with Gasteiger partial charge in [0, 0.05) is 6.54 Å². The molecule has 106 valence electrons. The first-order chi connectivity index (χ1) is 8.82. The first-order valence-corrected chi connectivity index (χ1v) is 6.90. The molecule has 3 N–H and O–H groups in total. The third kappa shape index (κ3) is 4.39. The molecule has 0 saturated heterocycles. The molecule has 1 rings (SSSR count). The summed E-state index contributed by atoms with van der Waals surface area (Å²) >= 11 is 5.90. The summed E-state index contributed by atoms with van der Waals surface area (Å²) in [5, 5.41) is 3.09. The highest BCUT2D eigenvalue weighted by molar-refractivity contribution is 6.32. The Bertz CT molecular complexity index is 438. The predicted molar refractivity (Wildman–Crippen MR) is 79.2 cm³/mol. The number of nitrogen functional groups attached to an aromatic ring is 1. The lowest BCUT2D eigenvalue weighted by Gasteiger charge is -2.25. The van der Waals surface area contributed by atoms with E-state index in [0.717, 1.165) is 0 Å². The van der Waals surface area contributed by atoms with Crippen LogP contribution < -0.4 is 11.1 Å². The van der Waals surface area contributed by atoms with Gasteiger partial charge >= 0.3 is 0 Å². The van der Waals surface area contributed by atoms with E-state index in [2.05, 4.69) is 38.0 Å². The minimum absolute atomic E-state index is 0.178. The number of carbonyl (C=O) groups is 1. The Morgan fingerprint density at radius 3 is 2.47 bits per heavy atom. The van der Waals surface area contributed by atoms with Crippen molar-refractivity contribution in [2.24, 2.45) is 17.8 Å². The molecule has 0 fully saturated rings. The van der Waals surface area contributed by atoms with Crippen LogP contribution in [0.1, 0.15) is 38.1 Å². The molecule has 1 amide bonds. The molecule has 5 heteroatoms. The number of amides is 1. The van der Waals surface area contributed by atoms with Gasteiger partial charge in [-0.15, -0.1) is 0 Å². The zero-order valence-electron chi connectivity index (χ0n) is 11.9. The summed E-state index contributed by atoms with van der Waals surface area (Å²) < 4.78 is 0. The molecule has 0 radical (unpaired) electrons. The van der Waals surface area contributed by atoms with Gasteiger partial charge in [-0.3, -0.25) is 4.79 Å². The minimum atomic E-state index is -0.226. The zero-order chi connectivity index (χ0) is 14.6. The molecule has 0 aliphatic heterocycles. The van der Waals surface area contributed by atoms with Crippen molar-refractivity contribution in [2.75, 3.05) is 12.3 Å². The van der Waals surface area contributed by atoms with Crippen molar-refractivity contribution in [2.45, 2.75) is 27.7 Å². The van der Waals surface area contributed by atoms with Gasteiger partial charge in [-0.1, -0.05) is 39.3 Å². The largest absolute Gasteiger partial charge is 0.397 e. The summed E-state index contributed by atoms with van der Waals surface area (Å²) in [7, 11) is 0. The molecule has 4 nitrogen and oxygen atoms in total. The van der Waals surface area contributed by atoms with Gasteiger partial charge in [0.15, 0.2) is 0 Å². The Morgan fingerprint density at radius 2 is 1.95 bits per heavy atom. The Balaban J connectivity index is 2.72. The number of carbonyl (C=O) groups excluding carboxylic acids is 1. The average Bonchev–Trinajstić information content (AvgIpc) is 2.31. The summed E-state index contributed by atoms with van der Waals surface area (Å²) in [4.78, 5) is 16.0. The van der Waals surface area contributed by atoms with Crippen molar-refractivity contribution >= 4 is 23.2 Å². The van der Waals surface area contributed by atoms with Crippen LogP contribution in [0.25, 0.3) is 0 Å². The van der Waals surface area contributed by atoms with E-state index in [1.54, 1.807) is 6.07 Å². The quantitative estimate of drug-likeness (QED) is 0.816. The van der Waals surface area contributed by atoms with E-state index in [1.165, 1.54) is 6.20 Å². The number of nitrogens with zero attached hydrogens (tertiary/aromatic N) is 1. The fraction of sp³-hybridized carbons (Fsp3) is 0.571. The molecule has 0 atom stereocenters. The topological polar surface area (TPSA) is 68.0 Å². The molecule has 0 spiro atoms. The molecule has 1 aromatic heterocycles. The molecule has 0 unspecified atom stereocenters. The lowest BCUT2D eigenvalue weighted by molar-refractivity contribution is 0.0937. The van der Waals surface area contributed by atoms with Crippen LogP contribution >= 0.6 is 11.6 Å². The third-order valence-corrected chi connectivity index (χ3v) is 3.62. The van der Waals surface area contributed by atoms with Crippen LogP contribution in [-0.4, -0.2) is 17.4 Å².